The van der Waals surface area contributed by atoms with E-state index in [1.165, 1.54) is 12.1 Å². The first-order valence-corrected chi connectivity index (χ1v) is 4.61. The fourth-order valence-electron chi connectivity index (χ4n) is 1.20. The molecule has 0 aliphatic rings. The molecule has 0 heterocycles. The van der Waals surface area contributed by atoms with Crippen molar-refractivity contribution in [2.75, 3.05) is 11.9 Å². The second-order valence-electron chi connectivity index (χ2n) is 3.01. The van der Waals surface area contributed by atoms with Gasteiger partial charge in [-0.25, -0.2) is 4.39 Å². The molecule has 3 N–H and O–H groups in total. The van der Waals surface area contributed by atoms with Crippen molar-refractivity contribution in [1.29, 1.82) is 0 Å². The zero-order valence-corrected chi connectivity index (χ0v) is 8.09. The largest absolute Gasteiger partial charge is 0.384 e. The number of benzene rings is 1. The van der Waals surface area contributed by atoms with E-state index < -0.39 is 0 Å². The van der Waals surface area contributed by atoms with Crippen molar-refractivity contribution in [2.45, 2.75) is 13.0 Å². The van der Waals surface area contributed by atoms with E-state index in [1.54, 1.807) is 6.07 Å². The third-order valence-electron chi connectivity index (χ3n) is 1.96. The van der Waals surface area contributed by atoms with Crippen LogP contribution in [0.25, 0.3) is 0 Å². The second kappa shape index (κ2) is 5.40. The molecule has 0 aromatic heterocycles. The highest BCUT2D eigenvalue weighted by atomic mass is 19.1. The van der Waals surface area contributed by atoms with E-state index in [4.69, 9.17) is 5.73 Å². The topological polar surface area (TPSA) is 38.0 Å². The summed E-state index contributed by atoms with van der Waals surface area (Å²) in [4.78, 5) is 0. The maximum absolute atomic E-state index is 12.9. The normalized spacial score (nSPS) is 9.86. The molecule has 0 amide bonds. The van der Waals surface area contributed by atoms with Gasteiger partial charge in [-0.1, -0.05) is 12.1 Å². The average molecular weight is 194 g/mol. The van der Waals surface area contributed by atoms with Crippen LogP contribution < -0.4 is 11.1 Å². The minimum absolute atomic E-state index is 0.247. The summed E-state index contributed by atoms with van der Waals surface area (Å²) in [5.74, 6) is -0.247. The summed E-state index contributed by atoms with van der Waals surface area (Å²) in [5.41, 5.74) is 7.22. The fraction of sp³-hybridized carbons (Fsp3) is 0.273. The van der Waals surface area contributed by atoms with E-state index in [0.717, 1.165) is 24.2 Å². The van der Waals surface area contributed by atoms with Crippen molar-refractivity contribution >= 4 is 5.69 Å². The van der Waals surface area contributed by atoms with Crippen LogP contribution >= 0.6 is 0 Å². The predicted octanol–water partition coefficient (Wildman–Crippen LogP) is 2.27. The van der Waals surface area contributed by atoms with E-state index in [2.05, 4.69) is 11.9 Å². The van der Waals surface area contributed by atoms with E-state index in [9.17, 15) is 4.39 Å². The number of hydrogen-bond donors (Lipinski definition) is 2. The van der Waals surface area contributed by atoms with Crippen LogP contribution in [0.1, 0.15) is 12.0 Å². The minimum Gasteiger partial charge on any atom is -0.384 e. The van der Waals surface area contributed by atoms with Gasteiger partial charge in [0, 0.05) is 18.8 Å². The predicted molar refractivity (Wildman–Crippen MR) is 57.6 cm³/mol. The minimum atomic E-state index is -0.247. The average Bonchev–Trinajstić information content (AvgIpc) is 2.19. The van der Waals surface area contributed by atoms with Gasteiger partial charge in [-0.3, -0.25) is 0 Å². The lowest BCUT2D eigenvalue weighted by Gasteiger charge is -2.09. The molecule has 0 bridgehead atoms. The number of nitrogens with two attached hydrogens (primary N) is 1. The summed E-state index contributed by atoms with van der Waals surface area (Å²) in [6.45, 7) is 4.78. The smallest absolute Gasteiger partial charge is 0.125 e. The number of rotatable bonds is 5. The van der Waals surface area contributed by atoms with Gasteiger partial charge in [-0.15, -0.1) is 6.58 Å². The Balaban J connectivity index is 2.71. The molecule has 0 saturated carbocycles. The molecule has 2 nitrogen and oxygen atoms in total. The Hall–Kier alpha value is -1.35. The van der Waals surface area contributed by atoms with Crippen molar-refractivity contribution in [2.24, 2.45) is 5.73 Å². The summed E-state index contributed by atoms with van der Waals surface area (Å²) in [6, 6.07) is 4.58. The molecule has 1 rings (SSSR count). The molecule has 76 valence electrons. The standard InChI is InChI=1S/C11H15FN2/c1-2-3-6-14-11-7-10(12)5-4-9(11)8-13/h2,4-5,7,14H,1,3,6,8,13H2. The van der Waals surface area contributed by atoms with Gasteiger partial charge in [0.15, 0.2) is 0 Å². The maximum Gasteiger partial charge on any atom is 0.125 e. The number of nitrogens with one attached hydrogen (secondary N) is 1. The first-order valence-electron chi connectivity index (χ1n) is 4.61. The lowest BCUT2D eigenvalue weighted by atomic mass is 10.1. The van der Waals surface area contributed by atoms with Gasteiger partial charge in [-0.05, 0) is 24.1 Å². The molecule has 1 aromatic rings. The Morgan fingerprint density at radius 3 is 2.93 bits per heavy atom. The lowest BCUT2D eigenvalue weighted by Crippen LogP contribution is -2.06. The molecular formula is C11H15FN2. The van der Waals surface area contributed by atoms with Gasteiger partial charge < -0.3 is 11.1 Å². The highest BCUT2D eigenvalue weighted by Gasteiger charge is 2.01. The van der Waals surface area contributed by atoms with Crippen LogP contribution in [0.2, 0.25) is 0 Å². The first kappa shape index (κ1) is 10.7. The van der Waals surface area contributed by atoms with Crippen molar-refractivity contribution < 1.29 is 4.39 Å². The Labute approximate surface area is 83.6 Å². The highest BCUT2D eigenvalue weighted by Crippen LogP contribution is 2.16. The van der Waals surface area contributed by atoms with Crippen LogP contribution in [0.5, 0.6) is 0 Å². The zero-order chi connectivity index (χ0) is 10.4. The molecular weight excluding hydrogens is 179 g/mol. The van der Waals surface area contributed by atoms with Crippen molar-refractivity contribution in [3.63, 3.8) is 0 Å². The van der Waals surface area contributed by atoms with Gasteiger partial charge in [0.25, 0.3) is 0 Å². The zero-order valence-electron chi connectivity index (χ0n) is 8.09. The number of halogens is 1. The van der Waals surface area contributed by atoms with Crippen molar-refractivity contribution in [3.05, 3.63) is 42.2 Å². The van der Waals surface area contributed by atoms with E-state index in [1.807, 2.05) is 6.08 Å². The van der Waals surface area contributed by atoms with Gasteiger partial charge in [0.1, 0.15) is 5.82 Å². The summed E-state index contributed by atoms with van der Waals surface area (Å²) in [6.07, 6.45) is 2.66. The van der Waals surface area contributed by atoms with Gasteiger partial charge in [-0.2, -0.15) is 0 Å². The molecule has 0 aliphatic carbocycles. The van der Waals surface area contributed by atoms with Gasteiger partial charge >= 0.3 is 0 Å². The second-order valence-corrected chi connectivity index (χ2v) is 3.01. The van der Waals surface area contributed by atoms with Crippen molar-refractivity contribution in [1.82, 2.24) is 0 Å². The maximum atomic E-state index is 12.9. The molecule has 1 aromatic carbocycles. The molecule has 0 spiro atoms. The van der Waals surface area contributed by atoms with Crippen molar-refractivity contribution in [3.8, 4) is 0 Å². The molecule has 0 unspecified atom stereocenters. The SMILES string of the molecule is C=CCCNc1cc(F)ccc1CN. The molecule has 0 fully saturated rings. The third-order valence-corrected chi connectivity index (χ3v) is 1.96. The molecule has 0 atom stereocenters. The lowest BCUT2D eigenvalue weighted by molar-refractivity contribution is 0.627. The summed E-state index contributed by atoms with van der Waals surface area (Å²) in [7, 11) is 0. The Morgan fingerprint density at radius 1 is 1.50 bits per heavy atom. The third kappa shape index (κ3) is 2.85. The van der Waals surface area contributed by atoms with Crippen LogP contribution in [0.4, 0.5) is 10.1 Å². The van der Waals surface area contributed by atoms with E-state index in [0.29, 0.717) is 6.54 Å². The Morgan fingerprint density at radius 2 is 2.29 bits per heavy atom. The van der Waals surface area contributed by atoms with E-state index >= 15 is 0 Å². The molecule has 0 saturated heterocycles. The Kier molecular flexibility index (Phi) is 4.13. The monoisotopic (exact) mass is 194 g/mol. The first-order chi connectivity index (χ1) is 6.77. The van der Waals surface area contributed by atoms with Crippen LogP contribution in [0.15, 0.2) is 30.9 Å². The van der Waals surface area contributed by atoms with Crippen LogP contribution in [0.3, 0.4) is 0 Å². The summed E-state index contributed by atoms with van der Waals surface area (Å²) in [5, 5.41) is 3.11. The van der Waals surface area contributed by atoms with Crippen LogP contribution in [-0.2, 0) is 6.54 Å². The molecule has 3 heteroatoms. The number of hydrogen-bond acceptors (Lipinski definition) is 2. The summed E-state index contributed by atoms with van der Waals surface area (Å²) < 4.78 is 12.9. The van der Waals surface area contributed by atoms with Gasteiger partial charge in [0.05, 0.1) is 0 Å². The highest BCUT2D eigenvalue weighted by molar-refractivity contribution is 5.51. The van der Waals surface area contributed by atoms with Crippen LogP contribution in [-0.4, -0.2) is 6.54 Å². The van der Waals surface area contributed by atoms with E-state index in [-0.39, 0.29) is 5.82 Å². The quantitative estimate of drug-likeness (QED) is 0.557. The molecule has 0 aliphatic heterocycles. The summed E-state index contributed by atoms with van der Waals surface area (Å²) >= 11 is 0. The molecule has 14 heavy (non-hydrogen) atoms. The molecule has 0 radical (unpaired) electrons. The number of anilines is 1. The van der Waals surface area contributed by atoms with Gasteiger partial charge in [0.2, 0.25) is 0 Å². The Bertz CT molecular complexity index is 310. The fourth-order valence-corrected chi connectivity index (χ4v) is 1.20. The van der Waals surface area contributed by atoms with Crippen LogP contribution in [0, 0.1) is 5.82 Å².